The number of carbonyl (C=O) groups is 1. The van der Waals surface area contributed by atoms with Gasteiger partial charge in [0.2, 0.25) is 0 Å². The van der Waals surface area contributed by atoms with Crippen molar-refractivity contribution in [3.05, 3.63) is 23.0 Å². The third-order valence-electron chi connectivity index (χ3n) is 3.36. The van der Waals surface area contributed by atoms with E-state index in [1.54, 1.807) is 12.1 Å². The van der Waals surface area contributed by atoms with Gasteiger partial charge in [-0.3, -0.25) is 4.79 Å². The van der Waals surface area contributed by atoms with Crippen molar-refractivity contribution in [2.24, 2.45) is 10.8 Å². The van der Waals surface area contributed by atoms with Gasteiger partial charge in [-0.05, 0) is 18.6 Å². The van der Waals surface area contributed by atoms with Gasteiger partial charge in [0.25, 0.3) is 0 Å². The Morgan fingerprint density at radius 3 is 2.29 bits per heavy atom. The number of allylic oxidation sites excluding steroid dienone is 2. The molecule has 5 nitrogen and oxygen atoms in total. The molecule has 2 N–H and O–H groups in total. The maximum Gasteiger partial charge on any atom is 0.329 e. The third-order valence-corrected chi connectivity index (χ3v) is 3.36. The number of carboxylic acids is 1. The average Bonchev–Trinajstić information content (AvgIpc) is 2.16. The second-order valence-electron chi connectivity index (χ2n) is 4.49. The molecule has 1 atom stereocenters. The number of rotatable bonds is 1. The van der Waals surface area contributed by atoms with Crippen LogP contribution in [-0.2, 0) is 4.79 Å². The van der Waals surface area contributed by atoms with Crippen LogP contribution in [0.3, 0.4) is 0 Å². The highest BCUT2D eigenvalue weighted by molar-refractivity contribution is 5.85. The van der Waals surface area contributed by atoms with E-state index in [1.165, 1.54) is 26.8 Å². The van der Waals surface area contributed by atoms with E-state index in [9.17, 15) is 20.3 Å². The Hall–Kier alpha value is -2.27. The summed E-state index contributed by atoms with van der Waals surface area (Å²) in [5.41, 5.74) is -2.99. The van der Waals surface area contributed by atoms with Gasteiger partial charge in [0, 0.05) is 5.41 Å². The van der Waals surface area contributed by atoms with Gasteiger partial charge in [0.15, 0.2) is 5.41 Å². The van der Waals surface area contributed by atoms with Gasteiger partial charge >= 0.3 is 5.97 Å². The van der Waals surface area contributed by atoms with Gasteiger partial charge in [-0.2, -0.15) is 10.5 Å². The molecule has 1 aliphatic carbocycles. The fraction of sp³-hybridized carbons (Fsp3) is 0.417. The highest BCUT2D eigenvalue weighted by Gasteiger charge is 2.58. The first-order valence-corrected chi connectivity index (χ1v) is 4.93. The number of hydrogen-bond acceptors (Lipinski definition) is 4. The summed E-state index contributed by atoms with van der Waals surface area (Å²) in [5, 5.41) is 37.2. The van der Waals surface area contributed by atoms with E-state index in [-0.39, 0.29) is 16.9 Å². The lowest BCUT2D eigenvalue weighted by Gasteiger charge is -2.41. The zero-order chi connectivity index (χ0) is 13.4. The molecule has 1 aliphatic rings. The van der Waals surface area contributed by atoms with Crippen molar-refractivity contribution in [3.8, 4) is 12.1 Å². The second-order valence-corrected chi connectivity index (χ2v) is 4.49. The summed E-state index contributed by atoms with van der Waals surface area (Å²) in [6.45, 7) is 4.40. The number of aliphatic hydroxyl groups is 1. The first kappa shape index (κ1) is 12.8. The first-order chi connectivity index (χ1) is 7.75. The molecule has 0 bridgehead atoms. The lowest BCUT2D eigenvalue weighted by atomic mass is 9.57. The van der Waals surface area contributed by atoms with Crippen molar-refractivity contribution in [2.75, 3.05) is 0 Å². The smallest absolute Gasteiger partial charge is 0.329 e. The SMILES string of the molecule is CC1=CC(O)=C(C#N)C(C)(C)C1(C#N)C(=O)O. The van der Waals surface area contributed by atoms with Gasteiger partial charge < -0.3 is 10.2 Å². The Morgan fingerprint density at radius 2 is 1.94 bits per heavy atom. The summed E-state index contributed by atoms with van der Waals surface area (Å²) >= 11 is 0. The average molecular weight is 232 g/mol. The zero-order valence-electron chi connectivity index (χ0n) is 9.77. The fourth-order valence-corrected chi connectivity index (χ4v) is 2.29. The molecular weight excluding hydrogens is 220 g/mol. The molecule has 0 spiro atoms. The molecule has 0 radical (unpaired) electrons. The summed E-state index contributed by atoms with van der Waals surface area (Å²) < 4.78 is 0. The van der Waals surface area contributed by atoms with Crippen molar-refractivity contribution in [2.45, 2.75) is 20.8 Å². The second kappa shape index (κ2) is 3.64. The van der Waals surface area contributed by atoms with Crippen molar-refractivity contribution < 1.29 is 15.0 Å². The highest BCUT2D eigenvalue weighted by Crippen LogP contribution is 2.52. The van der Waals surface area contributed by atoms with Crippen LogP contribution in [0.2, 0.25) is 0 Å². The van der Waals surface area contributed by atoms with Crippen molar-refractivity contribution in [1.29, 1.82) is 10.5 Å². The molecular formula is C12H12N2O3. The molecule has 5 heteroatoms. The molecule has 0 saturated carbocycles. The molecule has 0 aromatic heterocycles. The maximum absolute atomic E-state index is 11.4. The summed E-state index contributed by atoms with van der Waals surface area (Å²) in [6, 6.07) is 3.56. The lowest BCUT2D eigenvalue weighted by Crippen LogP contribution is -2.47. The van der Waals surface area contributed by atoms with Crippen molar-refractivity contribution in [1.82, 2.24) is 0 Å². The van der Waals surface area contributed by atoms with Crippen LogP contribution in [0.1, 0.15) is 20.8 Å². The van der Waals surface area contributed by atoms with E-state index < -0.39 is 16.8 Å². The minimum Gasteiger partial charge on any atom is -0.507 e. The maximum atomic E-state index is 11.4. The molecule has 0 saturated heterocycles. The number of carboxylic acid groups (broad SMARTS) is 1. The number of hydrogen-bond donors (Lipinski definition) is 2. The van der Waals surface area contributed by atoms with Crippen molar-refractivity contribution >= 4 is 5.97 Å². The van der Waals surface area contributed by atoms with Crippen LogP contribution >= 0.6 is 0 Å². The van der Waals surface area contributed by atoms with Crippen molar-refractivity contribution in [3.63, 3.8) is 0 Å². The largest absolute Gasteiger partial charge is 0.507 e. The van der Waals surface area contributed by atoms with E-state index in [1.807, 2.05) is 0 Å². The minimum atomic E-state index is -1.83. The van der Waals surface area contributed by atoms with E-state index in [0.29, 0.717) is 0 Å². The van der Waals surface area contributed by atoms with Gasteiger partial charge in [0.05, 0.1) is 17.7 Å². The molecule has 0 aromatic carbocycles. The highest BCUT2D eigenvalue weighted by atomic mass is 16.4. The van der Waals surface area contributed by atoms with Gasteiger partial charge in [-0.1, -0.05) is 13.8 Å². The van der Waals surface area contributed by atoms with Crippen LogP contribution in [0.15, 0.2) is 23.0 Å². The summed E-state index contributed by atoms with van der Waals surface area (Å²) in [4.78, 5) is 11.4. The Balaban J connectivity index is 3.72. The lowest BCUT2D eigenvalue weighted by molar-refractivity contribution is -0.147. The number of nitriles is 2. The molecule has 0 aliphatic heterocycles. The topological polar surface area (TPSA) is 105 Å². The minimum absolute atomic E-state index is 0.0907. The van der Waals surface area contributed by atoms with Crippen LogP contribution in [0.4, 0.5) is 0 Å². The Kier molecular flexibility index (Phi) is 2.74. The third kappa shape index (κ3) is 1.33. The Morgan fingerprint density at radius 1 is 1.41 bits per heavy atom. The first-order valence-electron chi connectivity index (χ1n) is 4.93. The predicted octanol–water partition coefficient (Wildman–Crippen LogP) is 1.90. The predicted molar refractivity (Wildman–Crippen MR) is 58.5 cm³/mol. The molecule has 88 valence electrons. The van der Waals surface area contributed by atoms with Gasteiger partial charge in [-0.15, -0.1) is 0 Å². The van der Waals surface area contributed by atoms with E-state index >= 15 is 0 Å². The number of aliphatic carboxylic acids is 1. The van der Waals surface area contributed by atoms with Gasteiger partial charge in [-0.25, -0.2) is 0 Å². The summed E-state index contributed by atoms with van der Waals surface area (Å²) in [7, 11) is 0. The summed E-state index contributed by atoms with van der Waals surface area (Å²) in [5.74, 6) is -1.60. The number of nitrogens with zero attached hydrogens (tertiary/aromatic N) is 2. The van der Waals surface area contributed by atoms with Crippen LogP contribution in [0.25, 0.3) is 0 Å². The van der Waals surface area contributed by atoms with Crippen LogP contribution in [0.5, 0.6) is 0 Å². The van der Waals surface area contributed by atoms with Gasteiger partial charge in [0.1, 0.15) is 5.76 Å². The van der Waals surface area contributed by atoms with Crippen LogP contribution < -0.4 is 0 Å². The fourth-order valence-electron chi connectivity index (χ4n) is 2.29. The summed E-state index contributed by atoms with van der Waals surface area (Å²) in [6.07, 6.45) is 1.17. The Bertz CT molecular complexity index is 529. The Labute approximate surface area is 98.9 Å². The quantitative estimate of drug-likeness (QED) is 0.718. The number of aliphatic hydroxyl groups excluding tert-OH is 1. The molecule has 1 unspecified atom stereocenters. The monoisotopic (exact) mass is 232 g/mol. The van der Waals surface area contributed by atoms with E-state index in [0.717, 1.165) is 0 Å². The molecule has 0 amide bonds. The van der Waals surface area contributed by atoms with E-state index in [4.69, 9.17) is 5.26 Å². The molecule has 0 aromatic rings. The molecule has 17 heavy (non-hydrogen) atoms. The van der Waals surface area contributed by atoms with E-state index in [2.05, 4.69) is 0 Å². The van der Waals surface area contributed by atoms with Crippen LogP contribution in [-0.4, -0.2) is 16.2 Å². The normalized spacial score (nSPS) is 26.8. The molecule has 1 rings (SSSR count). The zero-order valence-corrected chi connectivity index (χ0v) is 9.77. The molecule has 0 fully saturated rings. The molecule has 0 heterocycles. The standard InChI is InChI=1S/C12H12N2O3/c1-7-4-9(15)8(5-13)11(2,3)12(7,6-14)10(16)17/h4,15H,1-3H3,(H,16,17). The van der Waals surface area contributed by atoms with Crippen LogP contribution in [0, 0.1) is 33.5 Å².